The van der Waals surface area contributed by atoms with E-state index in [1.807, 2.05) is 0 Å². The Hall–Kier alpha value is -9.90. The zero-order valence-corrected chi connectivity index (χ0v) is 49.1. The van der Waals surface area contributed by atoms with Crippen molar-refractivity contribution in [2.75, 3.05) is 14.7 Å². The quantitative estimate of drug-likeness (QED) is 0.140. The highest BCUT2D eigenvalue weighted by Crippen LogP contribution is 2.60. The molecule has 0 amide bonds. The lowest BCUT2D eigenvalue weighted by atomic mass is 9.33. The van der Waals surface area contributed by atoms with Crippen molar-refractivity contribution in [1.82, 2.24) is 0 Å². The molecule has 3 nitrogen and oxygen atoms in total. The average Bonchev–Trinajstić information content (AvgIpc) is 0.736. The zero-order valence-electron chi connectivity index (χ0n) is 49.1. The van der Waals surface area contributed by atoms with E-state index in [4.69, 9.17) is 0 Å². The van der Waals surface area contributed by atoms with Crippen molar-refractivity contribution in [1.29, 1.82) is 0 Å². The van der Waals surface area contributed by atoms with E-state index < -0.39 is 5.41 Å². The van der Waals surface area contributed by atoms with Gasteiger partial charge in [0.1, 0.15) is 0 Å². The molecule has 0 saturated carbocycles. The maximum absolute atomic E-state index is 2.68. The summed E-state index contributed by atoms with van der Waals surface area (Å²) in [6.45, 7) is 13.9. The summed E-state index contributed by atoms with van der Waals surface area (Å²) in [6.07, 6.45) is 0. The van der Waals surface area contributed by atoms with E-state index in [1.54, 1.807) is 0 Å². The van der Waals surface area contributed by atoms with Crippen molar-refractivity contribution in [3.8, 4) is 33.4 Å². The van der Waals surface area contributed by atoms with E-state index >= 15 is 0 Å². The first-order valence-corrected chi connectivity index (χ1v) is 30.0. The molecule has 15 rings (SSSR count). The van der Waals surface area contributed by atoms with Crippen LogP contribution in [0.25, 0.3) is 33.4 Å². The predicted octanol–water partition coefficient (Wildman–Crippen LogP) is 19.5. The number of hydrogen-bond acceptors (Lipinski definition) is 3. The summed E-state index contributed by atoms with van der Waals surface area (Å²) >= 11 is 0. The third-order valence-electron chi connectivity index (χ3n) is 18.2. The van der Waals surface area contributed by atoms with Gasteiger partial charge in [0, 0.05) is 39.4 Å². The molecule has 408 valence electrons. The minimum atomic E-state index is -0.643. The largest absolute Gasteiger partial charge is 0.311 e. The number of rotatable bonds is 8. The summed E-state index contributed by atoms with van der Waals surface area (Å²) in [5.41, 5.74) is 27.6. The van der Waals surface area contributed by atoms with Crippen LogP contribution in [0.5, 0.6) is 0 Å². The molecular weight excluding hydrogens is 1030 g/mol. The molecule has 0 aromatic heterocycles. The van der Waals surface area contributed by atoms with Crippen LogP contribution in [-0.2, 0) is 16.2 Å². The van der Waals surface area contributed by atoms with Crippen LogP contribution in [0.3, 0.4) is 0 Å². The lowest BCUT2D eigenvalue weighted by Crippen LogP contribution is -2.61. The fourth-order valence-electron chi connectivity index (χ4n) is 14.2. The molecular formula is C81H66BN3. The Labute approximate surface area is 501 Å². The van der Waals surface area contributed by atoms with E-state index in [0.717, 1.165) is 62.1 Å². The Morgan fingerprint density at radius 1 is 0.294 bits per heavy atom. The topological polar surface area (TPSA) is 9.72 Å². The summed E-state index contributed by atoms with van der Waals surface area (Å²) in [6, 6.07) is 110. The smallest absolute Gasteiger partial charge is 0.252 e. The average molecular weight is 1090 g/mol. The predicted molar refractivity (Wildman–Crippen MR) is 361 cm³/mol. The molecule has 3 heterocycles. The molecule has 0 saturated heterocycles. The molecule has 0 atom stereocenters. The first-order valence-electron chi connectivity index (χ1n) is 30.0. The third-order valence-corrected chi connectivity index (χ3v) is 18.2. The highest BCUT2D eigenvalue weighted by atomic mass is 15.2. The van der Waals surface area contributed by atoms with E-state index in [2.05, 4.69) is 347 Å². The van der Waals surface area contributed by atoms with E-state index in [9.17, 15) is 0 Å². The van der Waals surface area contributed by atoms with Crippen LogP contribution < -0.4 is 31.1 Å². The molecule has 0 bridgehead atoms. The molecule has 0 N–H and O–H groups in total. The second-order valence-electron chi connectivity index (χ2n) is 25.2. The van der Waals surface area contributed by atoms with Gasteiger partial charge in [-0.15, -0.1) is 0 Å². The van der Waals surface area contributed by atoms with Crippen molar-refractivity contribution >= 4 is 74.3 Å². The monoisotopic (exact) mass is 1090 g/mol. The van der Waals surface area contributed by atoms with Crippen LogP contribution in [0.4, 0.5) is 51.2 Å². The van der Waals surface area contributed by atoms with Gasteiger partial charge < -0.3 is 14.7 Å². The second-order valence-corrected chi connectivity index (χ2v) is 25.2. The van der Waals surface area contributed by atoms with Gasteiger partial charge in [-0.2, -0.15) is 0 Å². The molecule has 0 radical (unpaired) electrons. The Morgan fingerprint density at radius 3 is 1.14 bits per heavy atom. The second kappa shape index (κ2) is 20.2. The fourth-order valence-corrected chi connectivity index (χ4v) is 14.2. The normalized spacial score (nSPS) is 13.8. The maximum atomic E-state index is 2.68. The summed E-state index contributed by atoms with van der Waals surface area (Å²) < 4.78 is 0. The van der Waals surface area contributed by atoms with Gasteiger partial charge >= 0.3 is 0 Å². The Kier molecular flexibility index (Phi) is 12.3. The fraction of sp³-hybridized carbons (Fsp3) is 0.111. The molecule has 12 aromatic carbocycles. The lowest BCUT2D eigenvalue weighted by Gasteiger charge is -2.48. The minimum Gasteiger partial charge on any atom is -0.311 e. The molecule has 3 aliphatic heterocycles. The van der Waals surface area contributed by atoms with Gasteiger partial charge in [-0.05, 0) is 120 Å². The first kappa shape index (κ1) is 51.9. The van der Waals surface area contributed by atoms with Gasteiger partial charge in [0.25, 0.3) is 6.71 Å². The SMILES string of the molecule is CC(C)(C)c1ccc2c(c1)N(c1ccccc1-c1ccccc1)c1cc(N3c4ccccc4C(c4ccccc4)(c4ccccc4)c4ccccc43)cc3c1B2c1ccc(C(C)(C)C)cc1N3c1c(-c2ccccc2)cccc1-c1ccccc1. The summed E-state index contributed by atoms with van der Waals surface area (Å²) in [5, 5.41) is 0. The standard InChI is InChI=1S/C81H66BN3/c1-79(2,3)60-47-49-68-73(51-60)84(70-44-25-22-39-63(70)55-29-12-7-13-30-55)75-53-62(83-71-45-26-23-42-66(71)81(58-35-18-10-19-36-58,59-37-20-11-21-38-59)67-43-24-27-46-72(67)83)54-76-77(75)82(68)69-50-48-61(80(4,5)6)52-74(69)85(76)78-64(56-31-14-8-15-32-56)40-28-41-65(78)57-33-16-9-17-34-57/h7-54H,1-6H3. The summed E-state index contributed by atoms with van der Waals surface area (Å²) in [7, 11) is 0. The van der Waals surface area contributed by atoms with E-state index in [1.165, 1.54) is 72.3 Å². The molecule has 12 aromatic rings. The highest BCUT2D eigenvalue weighted by molar-refractivity contribution is 7.00. The van der Waals surface area contributed by atoms with Crippen LogP contribution in [-0.4, -0.2) is 6.71 Å². The number of nitrogens with zero attached hydrogens (tertiary/aromatic N) is 3. The summed E-state index contributed by atoms with van der Waals surface area (Å²) in [5.74, 6) is 0. The number of para-hydroxylation sites is 4. The van der Waals surface area contributed by atoms with Crippen molar-refractivity contribution in [2.45, 2.75) is 57.8 Å². The number of benzene rings is 12. The Morgan fingerprint density at radius 2 is 0.671 bits per heavy atom. The van der Waals surface area contributed by atoms with Crippen molar-refractivity contribution in [3.63, 3.8) is 0 Å². The molecule has 0 spiro atoms. The maximum Gasteiger partial charge on any atom is 0.252 e. The number of fused-ring (bicyclic) bond motifs is 6. The molecule has 85 heavy (non-hydrogen) atoms. The van der Waals surface area contributed by atoms with Crippen LogP contribution in [0.1, 0.15) is 74.9 Å². The molecule has 0 unspecified atom stereocenters. The van der Waals surface area contributed by atoms with Crippen molar-refractivity contribution in [2.24, 2.45) is 0 Å². The van der Waals surface area contributed by atoms with Crippen LogP contribution in [0.2, 0.25) is 0 Å². The van der Waals surface area contributed by atoms with Gasteiger partial charge in [0.05, 0.1) is 33.9 Å². The first-order chi connectivity index (χ1) is 41.5. The van der Waals surface area contributed by atoms with Crippen LogP contribution >= 0.6 is 0 Å². The zero-order chi connectivity index (χ0) is 57.6. The van der Waals surface area contributed by atoms with Crippen molar-refractivity contribution < 1.29 is 0 Å². The van der Waals surface area contributed by atoms with Gasteiger partial charge in [0.2, 0.25) is 0 Å². The number of hydrogen-bond donors (Lipinski definition) is 0. The van der Waals surface area contributed by atoms with E-state index in [-0.39, 0.29) is 17.5 Å². The van der Waals surface area contributed by atoms with Crippen molar-refractivity contribution in [3.05, 3.63) is 325 Å². The van der Waals surface area contributed by atoms with Gasteiger partial charge in [-0.3, -0.25) is 0 Å². The molecule has 3 aliphatic rings. The molecule has 0 aliphatic carbocycles. The minimum absolute atomic E-state index is 0.128. The van der Waals surface area contributed by atoms with Gasteiger partial charge in [-0.25, -0.2) is 0 Å². The Balaban J connectivity index is 1.13. The number of anilines is 9. The van der Waals surface area contributed by atoms with Crippen LogP contribution in [0.15, 0.2) is 291 Å². The summed E-state index contributed by atoms with van der Waals surface area (Å²) in [4.78, 5) is 7.91. The highest BCUT2D eigenvalue weighted by Gasteiger charge is 2.49. The van der Waals surface area contributed by atoms with Crippen LogP contribution in [0, 0.1) is 0 Å². The van der Waals surface area contributed by atoms with E-state index in [0.29, 0.717) is 0 Å². The van der Waals surface area contributed by atoms with Gasteiger partial charge in [-0.1, -0.05) is 290 Å². The molecule has 4 heteroatoms. The third kappa shape index (κ3) is 8.33. The lowest BCUT2D eigenvalue weighted by molar-refractivity contribution is 0.590. The molecule has 0 fully saturated rings. The Bertz CT molecular complexity index is 4360. The van der Waals surface area contributed by atoms with Gasteiger partial charge in [0.15, 0.2) is 0 Å².